The summed E-state index contributed by atoms with van der Waals surface area (Å²) in [5.41, 5.74) is 0.930. The second-order valence-corrected chi connectivity index (χ2v) is 6.04. The van der Waals surface area contributed by atoms with Crippen LogP contribution in [0.4, 0.5) is 0 Å². The number of hydrogen-bond acceptors (Lipinski definition) is 4. The molecule has 24 heavy (non-hydrogen) atoms. The van der Waals surface area contributed by atoms with Crippen LogP contribution in [0, 0.1) is 6.92 Å². The fraction of sp³-hybridized carbons (Fsp3) is 0.438. The normalized spacial score (nSPS) is 11.6. The summed E-state index contributed by atoms with van der Waals surface area (Å²) in [5, 5.41) is 11.5. The van der Waals surface area contributed by atoms with Crippen LogP contribution in [0.5, 0.6) is 0 Å². The standard InChI is InChI=1S/C16H21Cl2N5O/c1-3-19-16(20-8-4-5-15-22-11(2)23-24-15)21-10-12-6-7-13(17)9-14(12)18/h6-7,9H,3-5,8,10H2,1-2H3,(H2,19,20,21). The van der Waals surface area contributed by atoms with Gasteiger partial charge in [0.05, 0.1) is 6.54 Å². The molecule has 6 nitrogen and oxygen atoms in total. The van der Waals surface area contributed by atoms with Gasteiger partial charge in [0.2, 0.25) is 5.89 Å². The van der Waals surface area contributed by atoms with Gasteiger partial charge in [-0.05, 0) is 38.0 Å². The smallest absolute Gasteiger partial charge is 0.226 e. The summed E-state index contributed by atoms with van der Waals surface area (Å²) in [7, 11) is 0. The van der Waals surface area contributed by atoms with Crippen molar-refractivity contribution in [3.05, 3.63) is 45.5 Å². The molecule has 0 radical (unpaired) electrons. The molecule has 0 bridgehead atoms. The largest absolute Gasteiger partial charge is 0.357 e. The highest BCUT2D eigenvalue weighted by Crippen LogP contribution is 2.21. The Balaban J connectivity index is 1.83. The molecule has 8 heteroatoms. The number of nitrogens with one attached hydrogen (secondary N) is 2. The maximum atomic E-state index is 6.17. The lowest BCUT2D eigenvalue weighted by Crippen LogP contribution is -2.37. The van der Waals surface area contributed by atoms with E-state index in [-0.39, 0.29) is 0 Å². The van der Waals surface area contributed by atoms with Crippen molar-refractivity contribution in [1.29, 1.82) is 0 Å². The molecule has 0 atom stereocenters. The molecule has 0 saturated heterocycles. The van der Waals surface area contributed by atoms with Crippen molar-refractivity contribution in [2.75, 3.05) is 13.1 Å². The minimum atomic E-state index is 0.480. The predicted octanol–water partition coefficient (Wildman–Crippen LogP) is 3.37. The van der Waals surface area contributed by atoms with Gasteiger partial charge in [-0.3, -0.25) is 0 Å². The Kier molecular flexibility index (Phi) is 7.34. The van der Waals surface area contributed by atoms with E-state index in [4.69, 9.17) is 27.7 Å². The van der Waals surface area contributed by atoms with Gasteiger partial charge in [-0.1, -0.05) is 34.4 Å². The molecule has 2 N–H and O–H groups in total. The molecular weight excluding hydrogens is 349 g/mol. The number of benzene rings is 1. The maximum absolute atomic E-state index is 6.17. The highest BCUT2D eigenvalue weighted by atomic mass is 35.5. The molecule has 0 aliphatic carbocycles. The lowest BCUT2D eigenvalue weighted by atomic mass is 10.2. The van der Waals surface area contributed by atoms with Crippen LogP contribution < -0.4 is 10.6 Å². The van der Waals surface area contributed by atoms with Gasteiger partial charge in [0.25, 0.3) is 0 Å². The molecule has 2 aromatic rings. The molecule has 0 unspecified atom stereocenters. The van der Waals surface area contributed by atoms with Gasteiger partial charge in [0.15, 0.2) is 11.8 Å². The number of hydrogen-bond donors (Lipinski definition) is 2. The Morgan fingerprint density at radius 3 is 2.79 bits per heavy atom. The summed E-state index contributed by atoms with van der Waals surface area (Å²) in [4.78, 5) is 8.72. The number of aromatic nitrogens is 2. The zero-order valence-corrected chi connectivity index (χ0v) is 15.3. The molecule has 0 aliphatic heterocycles. The Bertz CT molecular complexity index is 687. The second kappa shape index (κ2) is 9.49. The van der Waals surface area contributed by atoms with Crippen LogP contribution >= 0.6 is 23.2 Å². The molecule has 1 aromatic heterocycles. The Morgan fingerprint density at radius 2 is 2.12 bits per heavy atom. The van der Waals surface area contributed by atoms with E-state index in [9.17, 15) is 0 Å². The third-order valence-electron chi connectivity index (χ3n) is 3.20. The van der Waals surface area contributed by atoms with Crippen molar-refractivity contribution in [2.24, 2.45) is 4.99 Å². The highest BCUT2D eigenvalue weighted by molar-refractivity contribution is 6.35. The van der Waals surface area contributed by atoms with E-state index in [2.05, 4.69) is 25.8 Å². The van der Waals surface area contributed by atoms with Gasteiger partial charge in [-0.15, -0.1) is 0 Å². The second-order valence-electron chi connectivity index (χ2n) is 5.20. The van der Waals surface area contributed by atoms with Gasteiger partial charge in [0.1, 0.15) is 0 Å². The highest BCUT2D eigenvalue weighted by Gasteiger charge is 2.04. The van der Waals surface area contributed by atoms with Gasteiger partial charge in [0, 0.05) is 29.6 Å². The lowest BCUT2D eigenvalue weighted by molar-refractivity contribution is 0.372. The van der Waals surface area contributed by atoms with Crippen molar-refractivity contribution in [2.45, 2.75) is 33.2 Å². The molecule has 1 aromatic carbocycles. The molecule has 130 valence electrons. The predicted molar refractivity (Wildman–Crippen MR) is 96.6 cm³/mol. The van der Waals surface area contributed by atoms with Crippen molar-refractivity contribution in [3.8, 4) is 0 Å². The average molecular weight is 370 g/mol. The van der Waals surface area contributed by atoms with Crippen LogP contribution in [-0.4, -0.2) is 29.2 Å². The van der Waals surface area contributed by atoms with Gasteiger partial charge >= 0.3 is 0 Å². The fourth-order valence-corrected chi connectivity index (χ4v) is 2.51. The fourth-order valence-electron chi connectivity index (χ4n) is 2.04. The first-order chi connectivity index (χ1) is 11.6. The monoisotopic (exact) mass is 369 g/mol. The van der Waals surface area contributed by atoms with E-state index in [1.54, 1.807) is 6.07 Å². The van der Waals surface area contributed by atoms with Crippen LogP contribution in [-0.2, 0) is 13.0 Å². The first-order valence-electron chi connectivity index (χ1n) is 7.83. The molecule has 1 heterocycles. The summed E-state index contributed by atoms with van der Waals surface area (Å²) < 4.78 is 5.09. The van der Waals surface area contributed by atoms with E-state index in [1.165, 1.54) is 0 Å². The lowest BCUT2D eigenvalue weighted by Gasteiger charge is -2.11. The summed E-state index contributed by atoms with van der Waals surface area (Å²) in [6, 6.07) is 5.42. The Labute approximate surface area is 151 Å². The van der Waals surface area contributed by atoms with Crippen LogP contribution in [0.2, 0.25) is 10.0 Å². The summed E-state index contributed by atoms with van der Waals surface area (Å²) in [6.45, 7) is 5.84. The molecule has 2 rings (SSSR count). The number of aryl methyl sites for hydroxylation is 2. The quantitative estimate of drug-likeness (QED) is 0.444. The van der Waals surface area contributed by atoms with Crippen LogP contribution in [0.3, 0.4) is 0 Å². The maximum Gasteiger partial charge on any atom is 0.226 e. The third kappa shape index (κ3) is 6.02. The average Bonchev–Trinajstić information content (AvgIpc) is 2.96. The molecule has 0 amide bonds. The van der Waals surface area contributed by atoms with Crippen molar-refractivity contribution in [3.63, 3.8) is 0 Å². The van der Waals surface area contributed by atoms with Crippen LogP contribution in [0.25, 0.3) is 0 Å². The molecule has 0 fully saturated rings. The zero-order valence-electron chi connectivity index (χ0n) is 13.8. The van der Waals surface area contributed by atoms with E-state index < -0.39 is 0 Å². The van der Waals surface area contributed by atoms with E-state index >= 15 is 0 Å². The molecule has 0 spiro atoms. The number of halogens is 2. The van der Waals surface area contributed by atoms with Crippen LogP contribution in [0.1, 0.15) is 30.6 Å². The SMILES string of the molecule is CCNC(=NCc1ccc(Cl)cc1Cl)NCCCc1nc(C)no1. The molecular formula is C16H21Cl2N5O. The number of guanidine groups is 1. The zero-order chi connectivity index (χ0) is 17.4. The summed E-state index contributed by atoms with van der Waals surface area (Å²) >= 11 is 12.1. The minimum absolute atomic E-state index is 0.480. The number of nitrogens with zero attached hydrogens (tertiary/aromatic N) is 3. The molecule has 0 aliphatic rings. The Hall–Kier alpha value is -1.79. The third-order valence-corrected chi connectivity index (χ3v) is 3.78. The first kappa shape index (κ1) is 18.5. The summed E-state index contributed by atoms with van der Waals surface area (Å²) in [5.74, 6) is 2.06. The number of aliphatic imine (C=N–C) groups is 1. The van der Waals surface area contributed by atoms with Crippen molar-refractivity contribution < 1.29 is 4.52 Å². The van der Waals surface area contributed by atoms with Gasteiger partial charge in [-0.2, -0.15) is 4.98 Å². The van der Waals surface area contributed by atoms with E-state index in [0.29, 0.717) is 28.3 Å². The van der Waals surface area contributed by atoms with Gasteiger partial charge in [-0.25, -0.2) is 4.99 Å². The van der Waals surface area contributed by atoms with E-state index in [1.807, 2.05) is 26.0 Å². The first-order valence-corrected chi connectivity index (χ1v) is 8.59. The molecule has 0 saturated carbocycles. The minimum Gasteiger partial charge on any atom is -0.357 e. The topological polar surface area (TPSA) is 75.3 Å². The number of rotatable bonds is 7. The Morgan fingerprint density at radius 1 is 1.29 bits per heavy atom. The van der Waals surface area contributed by atoms with Gasteiger partial charge < -0.3 is 15.2 Å². The van der Waals surface area contributed by atoms with Crippen molar-refractivity contribution in [1.82, 2.24) is 20.8 Å². The van der Waals surface area contributed by atoms with Crippen LogP contribution in [0.15, 0.2) is 27.7 Å². The van der Waals surface area contributed by atoms with Crippen molar-refractivity contribution >= 4 is 29.2 Å². The summed E-state index contributed by atoms with van der Waals surface area (Å²) in [6.07, 6.45) is 1.60. The van der Waals surface area contributed by atoms with E-state index in [0.717, 1.165) is 37.5 Å².